The Kier molecular flexibility index (Phi) is 4.76. The van der Waals surface area contributed by atoms with E-state index in [0.717, 1.165) is 25.0 Å². The van der Waals surface area contributed by atoms with Gasteiger partial charge in [0.15, 0.2) is 9.84 Å². The summed E-state index contributed by atoms with van der Waals surface area (Å²) in [4.78, 5) is 0.366. The predicted octanol–water partition coefficient (Wildman–Crippen LogP) is 2.70. The van der Waals surface area contributed by atoms with E-state index < -0.39 is 9.84 Å². The zero-order chi connectivity index (χ0) is 15.7. The third-order valence-electron chi connectivity index (χ3n) is 3.99. The van der Waals surface area contributed by atoms with E-state index in [1.165, 1.54) is 6.26 Å². The minimum Gasteiger partial charge on any atom is -0.375 e. The van der Waals surface area contributed by atoms with E-state index in [1.54, 1.807) is 12.1 Å². The van der Waals surface area contributed by atoms with Crippen molar-refractivity contribution >= 4 is 9.84 Å². The molecule has 118 valence electrons. The summed E-state index contributed by atoms with van der Waals surface area (Å²) in [7, 11) is -3.12. The van der Waals surface area contributed by atoms with E-state index in [4.69, 9.17) is 4.74 Å². The Morgan fingerprint density at radius 1 is 1.29 bits per heavy atom. The SMILES string of the molecule is CC(NC1CCOC(C)(C)C1)c1ccc(S(C)(=O)=O)cc1. The lowest BCUT2D eigenvalue weighted by atomic mass is 9.93. The van der Waals surface area contributed by atoms with Gasteiger partial charge in [0, 0.05) is 24.9 Å². The second kappa shape index (κ2) is 6.07. The average molecular weight is 311 g/mol. The standard InChI is InChI=1S/C16H25NO3S/c1-12(17-14-9-10-20-16(2,3)11-14)13-5-7-15(8-6-13)21(4,18)19/h5-8,12,14,17H,9-11H2,1-4H3. The number of ether oxygens (including phenoxy) is 1. The Morgan fingerprint density at radius 3 is 2.43 bits per heavy atom. The van der Waals surface area contributed by atoms with Gasteiger partial charge in [-0.2, -0.15) is 0 Å². The first-order chi connectivity index (χ1) is 9.67. The number of hydrogen-bond donors (Lipinski definition) is 1. The van der Waals surface area contributed by atoms with E-state index in [9.17, 15) is 8.42 Å². The van der Waals surface area contributed by atoms with Gasteiger partial charge in [-0.05, 0) is 51.3 Å². The minimum atomic E-state index is -3.12. The van der Waals surface area contributed by atoms with Crippen LogP contribution in [0.1, 0.15) is 45.2 Å². The van der Waals surface area contributed by atoms with Gasteiger partial charge >= 0.3 is 0 Å². The molecule has 2 atom stereocenters. The summed E-state index contributed by atoms with van der Waals surface area (Å²) < 4.78 is 28.7. The molecule has 1 aliphatic rings. The molecule has 2 unspecified atom stereocenters. The molecule has 1 heterocycles. The molecule has 5 heteroatoms. The van der Waals surface area contributed by atoms with Crippen LogP contribution in [0.3, 0.4) is 0 Å². The lowest BCUT2D eigenvalue weighted by Crippen LogP contribution is -2.44. The Hall–Kier alpha value is -0.910. The van der Waals surface area contributed by atoms with Gasteiger partial charge in [-0.1, -0.05) is 12.1 Å². The van der Waals surface area contributed by atoms with Crippen LogP contribution in [-0.4, -0.2) is 32.9 Å². The molecule has 0 bridgehead atoms. The molecule has 0 aromatic heterocycles. The van der Waals surface area contributed by atoms with Crippen molar-refractivity contribution in [1.82, 2.24) is 5.32 Å². The van der Waals surface area contributed by atoms with Crippen molar-refractivity contribution in [3.8, 4) is 0 Å². The van der Waals surface area contributed by atoms with Crippen molar-refractivity contribution in [2.24, 2.45) is 0 Å². The first-order valence-electron chi connectivity index (χ1n) is 7.37. The Labute approximate surface area is 127 Å². The zero-order valence-corrected chi connectivity index (χ0v) is 14.0. The monoisotopic (exact) mass is 311 g/mol. The minimum absolute atomic E-state index is 0.0736. The Balaban J connectivity index is 2.02. The van der Waals surface area contributed by atoms with Crippen LogP contribution in [0.5, 0.6) is 0 Å². The van der Waals surface area contributed by atoms with Crippen LogP contribution in [-0.2, 0) is 14.6 Å². The summed E-state index contributed by atoms with van der Waals surface area (Å²) in [6.45, 7) is 7.13. The topological polar surface area (TPSA) is 55.4 Å². The van der Waals surface area contributed by atoms with Crippen LogP contribution in [0.4, 0.5) is 0 Å². The fourth-order valence-electron chi connectivity index (χ4n) is 2.83. The summed E-state index contributed by atoms with van der Waals surface area (Å²) in [5, 5.41) is 3.62. The number of nitrogens with one attached hydrogen (secondary N) is 1. The van der Waals surface area contributed by atoms with Crippen molar-refractivity contribution < 1.29 is 13.2 Å². The molecule has 1 saturated heterocycles. The molecule has 0 radical (unpaired) electrons. The van der Waals surface area contributed by atoms with Gasteiger partial charge in [0.05, 0.1) is 10.5 Å². The predicted molar refractivity (Wildman–Crippen MR) is 84.2 cm³/mol. The summed E-state index contributed by atoms with van der Waals surface area (Å²) in [5.41, 5.74) is 1.03. The van der Waals surface area contributed by atoms with Gasteiger partial charge in [0.2, 0.25) is 0 Å². The molecule has 21 heavy (non-hydrogen) atoms. The molecule has 1 aliphatic heterocycles. The highest BCUT2D eigenvalue weighted by molar-refractivity contribution is 7.90. The molecular formula is C16H25NO3S. The molecule has 1 fully saturated rings. The normalized spacial score (nSPS) is 23.7. The quantitative estimate of drug-likeness (QED) is 0.929. The Morgan fingerprint density at radius 2 is 1.90 bits per heavy atom. The van der Waals surface area contributed by atoms with Gasteiger partial charge in [-0.3, -0.25) is 0 Å². The Bertz CT molecular complexity index is 578. The van der Waals surface area contributed by atoms with Crippen molar-refractivity contribution in [1.29, 1.82) is 0 Å². The van der Waals surface area contributed by atoms with Gasteiger partial charge < -0.3 is 10.1 Å². The van der Waals surface area contributed by atoms with E-state index >= 15 is 0 Å². The smallest absolute Gasteiger partial charge is 0.175 e. The molecule has 0 spiro atoms. The maximum absolute atomic E-state index is 11.5. The maximum atomic E-state index is 11.5. The highest BCUT2D eigenvalue weighted by Gasteiger charge is 2.29. The second-order valence-electron chi connectivity index (χ2n) is 6.53. The summed E-state index contributed by atoms with van der Waals surface area (Å²) in [5.74, 6) is 0. The highest BCUT2D eigenvalue weighted by atomic mass is 32.2. The molecule has 0 aliphatic carbocycles. The number of sulfone groups is 1. The zero-order valence-electron chi connectivity index (χ0n) is 13.2. The first kappa shape index (κ1) is 16.5. The van der Waals surface area contributed by atoms with Crippen LogP contribution in [0, 0.1) is 0 Å². The first-order valence-corrected chi connectivity index (χ1v) is 9.26. The fourth-order valence-corrected chi connectivity index (χ4v) is 3.46. The fraction of sp³-hybridized carbons (Fsp3) is 0.625. The molecule has 0 saturated carbocycles. The maximum Gasteiger partial charge on any atom is 0.175 e. The highest BCUT2D eigenvalue weighted by Crippen LogP contribution is 2.26. The number of hydrogen-bond acceptors (Lipinski definition) is 4. The van der Waals surface area contributed by atoms with Crippen LogP contribution >= 0.6 is 0 Å². The van der Waals surface area contributed by atoms with Gasteiger partial charge in [0.1, 0.15) is 0 Å². The van der Waals surface area contributed by atoms with Crippen LogP contribution in [0.25, 0.3) is 0 Å². The molecule has 1 aromatic carbocycles. The number of benzene rings is 1. The molecule has 0 amide bonds. The number of rotatable bonds is 4. The van der Waals surface area contributed by atoms with Gasteiger partial charge in [-0.15, -0.1) is 0 Å². The van der Waals surface area contributed by atoms with Crippen LogP contribution < -0.4 is 5.32 Å². The third-order valence-corrected chi connectivity index (χ3v) is 5.12. The molecule has 4 nitrogen and oxygen atoms in total. The largest absolute Gasteiger partial charge is 0.375 e. The lowest BCUT2D eigenvalue weighted by molar-refractivity contribution is -0.0640. The molecular weight excluding hydrogens is 286 g/mol. The van der Waals surface area contributed by atoms with Crippen molar-refractivity contribution in [2.75, 3.05) is 12.9 Å². The van der Waals surface area contributed by atoms with Crippen molar-refractivity contribution in [3.05, 3.63) is 29.8 Å². The van der Waals surface area contributed by atoms with Crippen molar-refractivity contribution in [3.63, 3.8) is 0 Å². The van der Waals surface area contributed by atoms with Gasteiger partial charge in [0.25, 0.3) is 0 Å². The van der Waals surface area contributed by atoms with E-state index in [-0.39, 0.29) is 11.6 Å². The van der Waals surface area contributed by atoms with E-state index in [0.29, 0.717) is 10.9 Å². The average Bonchev–Trinajstić information content (AvgIpc) is 2.36. The summed E-state index contributed by atoms with van der Waals surface area (Å²) in [6, 6.07) is 7.75. The molecule has 1 N–H and O–H groups in total. The lowest BCUT2D eigenvalue weighted by Gasteiger charge is -2.37. The van der Waals surface area contributed by atoms with Crippen LogP contribution in [0.15, 0.2) is 29.2 Å². The van der Waals surface area contributed by atoms with E-state index in [1.807, 2.05) is 12.1 Å². The van der Waals surface area contributed by atoms with Crippen LogP contribution in [0.2, 0.25) is 0 Å². The molecule has 1 aromatic rings. The summed E-state index contributed by atoms with van der Waals surface area (Å²) >= 11 is 0. The van der Waals surface area contributed by atoms with E-state index in [2.05, 4.69) is 26.1 Å². The summed E-state index contributed by atoms with van der Waals surface area (Å²) in [6.07, 6.45) is 3.22. The van der Waals surface area contributed by atoms with Crippen molar-refractivity contribution in [2.45, 2.75) is 56.2 Å². The second-order valence-corrected chi connectivity index (χ2v) is 8.54. The van der Waals surface area contributed by atoms with Gasteiger partial charge in [-0.25, -0.2) is 8.42 Å². The molecule has 2 rings (SSSR count). The third kappa shape index (κ3) is 4.53.